The van der Waals surface area contributed by atoms with Gasteiger partial charge in [-0.3, -0.25) is 4.79 Å². The Morgan fingerprint density at radius 1 is 1.00 bits per heavy atom. The highest BCUT2D eigenvalue weighted by molar-refractivity contribution is 5.85. The summed E-state index contributed by atoms with van der Waals surface area (Å²) in [5.41, 5.74) is 5.33. The van der Waals surface area contributed by atoms with Crippen molar-refractivity contribution in [1.29, 1.82) is 0 Å². The molecule has 32 heavy (non-hydrogen) atoms. The lowest BCUT2D eigenvalue weighted by Crippen LogP contribution is -2.54. The Kier molecular flexibility index (Phi) is 5.93. The van der Waals surface area contributed by atoms with Gasteiger partial charge in [0, 0.05) is 11.8 Å². The smallest absolute Gasteiger partial charge is 0.138 e. The van der Waals surface area contributed by atoms with E-state index in [2.05, 4.69) is 61.5 Å². The van der Waals surface area contributed by atoms with E-state index in [-0.39, 0.29) is 27.8 Å². The number of aliphatic hydroxyl groups is 1. The van der Waals surface area contributed by atoms with E-state index in [0.717, 1.165) is 19.3 Å². The van der Waals surface area contributed by atoms with Gasteiger partial charge in [-0.15, -0.1) is 0 Å². The van der Waals surface area contributed by atoms with Crippen LogP contribution in [0.3, 0.4) is 0 Å². The molecule has 4 rings (SSSR count). The van der Waals surface area contributed by atoms with Gasteiger partial charge in [-0.25, -0.2) is 0 Å². The molecule has 7 atom stereocenters. The average molecular weight is 441 g/mol. The Labute approximate surface area is 197 Å². The van der Waals surface area contributed by atoms with Crippen LogP contribution < -0.4 is 0 Å². The number of Topliss-reactive ketones (excluding diaryl/α,β-unsaturated/α-hetero) is 1. The van der Waals surface area contributed by atoms with Crippen LogP contribution in [-0.4, -0.2) is 17.0 Å². The SMILES string of the molecule is CC(C)=CC[C@H](O)[C@@H](C)[C@H]1CC[C@@]2(C)C3=C(CC[C@]12C)[C@@]1(C)CCC(=O)C(C)(C)[C@@H]1CC3. The van der Waals surface area contributed by atoms with Crippen LogP contribution in [-0.2, 0) is 4.79 Å². The van der Waals surface area contributed by atoms with Gasteiger partial charge in [0.1, 0.15) is 5.78 Å². The second kappa shape index (κ2) is 7.82. The van der Waals surface area contributed by atoms with E-state index in [4.69, 9.17) is 0 Å². The number of hydrogen-bond donors (Lipinski definition) is 1. The van der Waals surface area contributed by atoms with Crippen LogP contribution in [0.2, 0.25) is 0 Å². The van der Waals surface area contributed by atoms with E-state index < -0.39 is 0 Å². The minimum absolute atomic E-state index is 0.186. The molecule has 1 N–H and O–H groups in total. The summed E-state index contributed by atoms with van der Waals surface area (Å²) in [6.45, 7) is 18.6. The second-order valence-electron chi connectivity index (χ2n) is 13.4. The fourth-order valence-corrected chi connectivity index (χ4v) is 9.21. The molecule has 2 fully saturated rings. The molecule has 0 amide bonds. The summed E-state index contributed by atoms with van der Waals surface area (Å²) < 4.78 is 0. The molecule has 0 saturated heterocycles. The zero-order valence-electron chi connectivity index (χ0n) is 22.1. The van der Waals surface area contributed by atoms with Gasteiger partial charge in [0.05, 0.1) is 6.10 Å². The number of hydrogen-bond acceptors (Lipinski definition) is 2. The molecule has 0 radical (unpaired) electrons. The van der Waals surface area contributed by atoms with Gasteiger partial charge >= 0.3 is 0 Å². The molecular formula is C30H48O2. The zero-order valence-corrected chi connectivity index (χ0v) is 22.1. The molecule has 0 aromatic carbocycles. The predicted octanol–water partition coefficient (Wildman–Crippen LogP) is 7.66. The van der Waals surface area contributed by atoms with E-state index in [0.29, 0.717) is 23.5 Å². The van der Waals surface area contributed by atoms with Crippen LogP contribution >= 0.6 is 0 Å². The molecule has 2 saturated carbocycles. The molecule has 180 valence electrons. The Morgan fingerprint density at radius 3 is 2.34 bits per heavy atom. The number of rotatable bonds is 4. The van der Waals surface area contributed by atoms with Gasteiger partial charge in [0.25, 0.3) is 0 Å². The van der Waals surface area contributed by atoms with Crippen molar-refractivity contribution in [2.45, 2.75) is 119 Å². The maximum absolute atomic E-state index is 12.8. The highest BCUT2D eigenvalue weighted by Crippen LogP contribution is 2.72. The minimum atomic E-state index is -0.247. The molecule has 4 aliphatic carbocycles. The largest absolute Gasteiger partial charge is 0.393 e. The van der Waals surface area contributed by atoms with Crippen LogP contribution in [0.1, 0.15) is 113 Å². The molecule has 4 aliphatic rings. The van der Waals surface area contributed by atoms with Crippen molar-refractivity contribution in [2.75, 3.05) is 0 Å². The fourth-order valence-electron chi connectivity index (χ4n) is 9.21. The van der Waals surface area contributed by atoms with Crippen LogP contribution in [0.25, 0.3) is 0 Å². The van der Waals surface area contributed by atoms with Gasteiger partial charge in [-0.2, -0.15) is 0 Å². The summed E-state index contributed by atoms with van der Waals surface area (Å²) in [5, 5.41) is 11.0. The summed E-state index contributed by atoms with van der Waals surface area (Å²) in [6, 6.07) is 0. The first-order chi connectivity index (χ1) is 14.8. The number of fused-ring (bicyclic) bond motifs is 4. The predicted molar refractivity (Wildman–Crippen MR) is 133 cm³/mol. The number of carbonyl (C=O) groups excluding carboxylic acids is 1. The first-order valence-electron chi connectivity index (χ1n) is 13.4. The third-order valence-electron chi connectivity index (χ3n) is 11.6. The monoisotopic (exact) mass is 440 g/mol. The average Bonchev–Trinajstić information content (AvgIpc) is 3.00. The summed E-state index contributed by atoms with van der Waals surface area (Å²) in [5.74, 6) is 1.88. The highest BCUT2D eigenvalue weighted by atomic mass is 16.3. The van der Waals surface area contributed by atoms with Gasteiger partial charge in [0.15, 0.2) is 0 Å². The quantitative estimate of drug-likeness (QED) is 0.456. The third kappa shape index (κ3) is 3.25. The highest BCUT2D eigenvalue weighted by Gasteiger charge is 2.63. The molecular weight excluding hydrogens is 392 g/mol. The lowest BCUT2D eigenvalue weighted by molar-refractivity contribution is -0.139. The lowest BCUT2D eigenvalue weighted by atomic mass is 9.43. The van der Waals surface area contributed by atoms with E-state index >= 15 is 0 Å². The van der Waals surface area contributed by atoms with Crippen molar-refractivity contribution in [3.63, 3.8) is 0 Å². The number of aliphatic hydroxyl groups excluding tert-OH is 1. The van der Waals surface area contributed by atoms with Crippen LogP contribution in [0.5, 0.6) is 0 Å². The summed E-state index contributed by atoms with van der Waals surface area (Å²) in [4.78, 5) is 12.8. The standard InChI is InChI=1S/C30H48O2/c1-19(2)9-11-24(31)20(3)21-13-17-30(8)23-10-12-25-27(4,5)26(32)15-16-28(25,6)22(23)14-18-29(21,30)7/h9,20-21,24-25,31H,10-18H2,1-8H3/t20-,21+,24-,25-,28+,29+,30-/m0/s1. The van der Waals surface area contributed by atoms with Crippen LogP contribution in [0.15, 0.2) is 22.8 Å². The van der Waals surface area contributed by atoms with Crippen molar-refractivity contribution in [3.8, 4) is 0 Å². The first kappa shape index (κ1) is 24.2. The molecule has 2 nitrogen and oxygen atoms in total. The first-order valence-corrected chi connectivity index (χ1v) is 13.4. The van der Waals surface area contributed by atoms with E-state index in [1.165, 1.54) is 44.1 Å². The molecule has 0 bridgehead atoms. The number of carbonyl (C=O) groups is 1. The summed E-state index contributed by atoms with van der Waals surface area (Å²) in [7, 11) is 0. The maximum atomic E-state index is 12.8. The van der Waals surface area contributed by atoms with E-state index in [9.17, 15) is 9.90 Å². The number of allylic oxidation sites excluding steroid dienone is 3. The molecule has 0 unspecified atom stereocenters. The maximum Gasteiger partial charge on any atom is 0.138 e. The fraction of sp³-hybridized carbons (Fsp3) is 0.833. The molecule has 0 aromatic rings. The molecule has 0 spiro atoms. The van der Waals surface area contributed by atoms with E-state index in [1.54, 1.807) is 11.1 Å². The van der Waals surface area contributed by atoms with Gasteiger partial charge in [0.2, 0.25) is 0 Å². The summed E-state index contributed by atoms with van der Waals surface area (Å²) in [6.07, 6.45) is 11.8. The van der Waals surface area contributed by atoms with Crippen molar-refractivity contribution in [3.05, 3.63) is 22.8 Å². The van der Waals surface area contributed by atoms with Crippen molar-refractivity contribution in [1.82, 2.24) is 0 Å². The van der Waals surface area contributed by atoms with Crippen molar-refractivity contribution >= 4 is 5.78 Å². The second-order valence-corrected chi connectivity index (χ2v) is 13.4. The molecule has 0 aliphatic heterocycles. The van der Waals surface area contributed by atoms with Gasteiger partial charge in [-0.05, 0) is 99.2 Å². The van der Waals surface area contributed by atoms with Crippen LogP contribution in [0.4, 0.5) is 0 Å². The molecule has 2 heteroatoms. The number of ketones is 1. The Morgan fingerprint density at radius 2 is 1.69 bits per heavy atom. The zero-order chi connectivity index (χ0) is 23.7. The normalized spacial score (nSPS) is 42.6. The van der Waals surface area contributed by atoms with Crippen molar-refractivity contribution < 1.29 is 9.90 Å². The molecule has 0 heterocycles. The molecule has 0 aromatic heterocycles. The van der Waals surface area contributed by atoms with Crippen molar-refractivity contribution in [2.24, 2.45) is 39.4 Å². The minimum Gasteiger partial charge on any atom is -0.393 e. The van der Waals surface area contributed by atoms with Gasteiger partial charge in [-0.1, -0.05) is 64.3 Å². The van der Waals surface area contributed by atoms with Gasteiger partial charge < -0.3 is 5.11 Å². The third-order valence-corrected chi connectivity index (χ3v) is 11.6. The lowest BCUT2D eigenvalue weighted by Gasteiger charge is -2.61. The topological polar surface area (TPSA) is 37.3 Å². The van der Waals surface area contributed by atoms with Crippen LogP contribution in [0, 0.1) is 39.4 Å². The Bertz CT molecular complexity index is 843. The Balaban J connectivity index is 1.67. The van der Waals surface area contributed by atoms with E-state index in [1.807, 2.05) is 0 Å². The summed E-state index contributed by atoms with van der Waals surface area (Å²) >= 11 is 0. The Hall–Kier alpha value is -0.890.